The normalized spacial score (nSPS) is 14.3. The fourth-order valence-electron chi connectivity index (χ4n) is 4.43. The monoisotopic (exact) mass is 567 g/mol. The van der Waals surface area contributed by atoms with Crippen molar-refractivity contribution in [2.24, 2.45) is 10.9 Å². The number of benzene rings is 2. The molecule has 0 spiro atoms. The maximum Gasteiger partial charge on any atom is 0.185 e. The molecule has 0 aliphatic carbocycles. The van der Waals surface area contributed by atoms with Gasteiger partial charge in [0.05, 0.1) is 32.1 Å². The highest BCUT2D eigenvalue weighted by Crippen LogP contribution is 2.34. The fourth-order valence-corrected chi connectivity index (χ4v) is 5.44. The molecule has 216 valence electrons. The van der Waals surface area contributed by atoms with E-state index >= 15 is 0 Å². The molecule has 1 saturated heterocycles. The van der Waals surface area contributed by atoms with Gasteiger partial charge in [0.15, 0.2) is 11.0 Å². The summed E-state index contributed by atoms with van der Waals surface area (Å²) in [5, 5.41) is 12.8. The van der Waals surface area contributed by atoms with Crippen LogP contribution in [-0.4, -0.2) is 80.6 Å². The van der Waals surface area contributed by atoms with E-state index < -0.39 is 0 Å². The summed E-state index contributed by atoms with van der Waals surface area (Å²) in [4.78, 5) is 11.0. The SMILES string of the molecule is CCc1sc(N(C)CCN2CCOCC2)nc1-c1ccc(OCCCCCOc2ccc(/C(N)=N/O)cc2)cc1. The molecular formula is C30H41N5O4S. The molecule has 1 aliphatic heterocycles. The van der Waals surface area contributed by atoms with Crippen molar-refractivity contribution < 1.29 is 19.4 Å². The van der Waals surface area contributed by atoms with E-state index in [9.17, 15) is 0 Å². The van der Waals surface area contributed by atoms with Crippen molar-refractivity contribution >= 4 is 22.3 Å². The number of nitrogens with zero attached hydrogens (tertiary/aromatic N) is 4. The van der Waals surface area contributed by atoms with Gasteiger partial charge in [-0.1, -0.05) is 12.1 Å². The van der Waals surface area contributed by atoms with Gasteiger partial charge in [0.25, 0.3) is 0 Å². The summed E-state index contributed by atoms with van der Waals surface area (Å²) in [7, 11) is 2.13. The Labute approximate surface area is 241 Å². The summed E-state index contributed by atoms with van der Waals surface area (Å²) < 4.78 is 17.2. The lowest BCUT2D eigenvalue weighted by Gasteiger charge is -2.28. The number of morpholine rings is 1. The summed E-state index contributed by atoms with van der Waals surface area (Å²) >= 11 is 1.79. The van der Waals surface area contributed by atoms with E-state index in [-0.39, 0.29) is 5.84 Å². The summed E-state index contributed by atoms with van der Waals surface area (Å²) in [5.41, 5.74) is 8.44. The number of aromatic nitrogens is 1. The third-order valence-corrected chi connectivity index (χ3v) is 8.21. The smallest absolute Gasteiger partial charge is 0.185 e. The number of thiazole rings is 1. The highest BCUT2D eigenvalue weighted by molar-refractivity contribution is 7.16. The predicted octanol–water partition coefficient (Wildman–Crippen LogP) is 4.86. The number of rotatable bonds is 15. The zero-order valence-corrected chi connectivity index (χ0v) is 24.4. The van der Waals surface area contributed by atoms with Crippen LogP contribution >= 0.6 is 11.3 Å². The quantitative estimate of drug-likeness (QED) is 0.0882. The van der Waals surface area contributed by atoms with Crippen LogP contribution in [0.1, 0.15) is 36.6 Å². The van der Waals surface area contributed by atoms with Crippen molar-refractivity contribution in [3.8, 4) is 22.8 Å². The highest BCUT2D eigenvalue weighted by atomic mass is 32.1. The van der Waals surface area contributed by atoms with Crippen molar-refractivity contribution in [1.82, 2.24) is 9.88 Å². The number of likely N-dealkylation sites (N-methyl/N-ethyl adjacent to an activating group) is 1. The van der Waals surface area contributed by atoms with E-state index in [1.54, 1.807) is 23.5 Å². The molecule has 0 saturated carbocycles. The summed E-state index contributed by atoms with van der Waals surface area (Å²) in [6.45, 7) is 9.16. The number of unbranched alkanes of at least 4 members (excludes halogenated alkanes) is 2. The van der Waals surface area contributed by atoms with Crippen LogP contribution in [0.4, 0.5) is 5.13 Å². The van der Waals surface area contributed by atoms with Crippen molar-refractivity contribution in [3.05, 3.63) is 59.0 Å². The van der Waals surface area contributed by atoms with E-state index in [0.717, 1.165) is 93.0 Å². The number of anilines is 1. The molecule has 0 bridgehead atoms. The van der Waals surface area contributed by atoms with Crippen LogP contribution in [0.25, 0.3) is 11.3 Å². The average molecular weight is 568 g/mol. The Morgan fingerprint density at radius 3 is 2.25 bits per heavy atom. The number of amidine groups is 1. The maximum absolute atomic E-state index is 8.73. The zero-order valence-electron chi connectivity index (χ0n) is 23.6. The van der Waals surface area contributed by atoms with Crippen LogP contribution in [0.5, 0.6) is 11.5 Å². The van der Waals surface area contributed by atoms with E-state index in [2.05, 4.69) is 41.1 Å². The van der Waals surface area contributed by atoms with Crippen LogP contribution in [0.2, 0.25) is 0 Å². The number of hydrogen-bond donors (Lipinski definition) is 2. The minimum Gasteiger partial charge on any atom is -0.494 e. The standard InChI is InChI=1S/C30H41N5O4S/c1-3-27-28(32-30(40-27)34(2)15-16-35-17-21-37-22-18-35)23-7-11-25(12-8-23)38-19-5-4-6-20-39-26-13-9-24(10-14-26)29(31)33-36/h7-14,36H,3-6,15-22H2,1-2H3,(H2,31,33). The molecular weight excluding hydrogens is 526 g/mol. The van der Waals surface area contributed by atoms with Crippen molar-refractivity contribution in [2.75, 3.05) is 64.6 Å². The fraction of sp³-hybridized carbons (Fsp3) is 0.467. The van der Waals surface area contributed by atoms with E-state index in [1.807, 2.05) is 24.3 Å². The molecule has 0 radical (unpaired) electrons. The molecule has 3 aromatic rings. The molecule has 0 atom stereocenters. The van der Waals surface area contributed by atoms with Gasteiger partial charge in [0, 0.05) is 49.2 Å². The van der Waals surface area contributed by atoms with Gasteiger partial charge in [-0.25, -0.2) is 4.98 Å². The predicted molar refractivity (Wildman–Crippen MR) is 161 cm³/mol. The third kappa shape index (κ3) is 8.58. The number of hydrogen-bond acceptors (Lipinski definition) is 9. The van der Waals surface area contributed by atoms with E-state index in [0.29, 0.717) is 18.8 Å². The number of ether oxygens (including phenoxy) is 3. The molecule has 4 rings (SSSR count). The number of oxime groups is 1. The summed E-state index contributed by atoms with van der Waals surface area (Å²) in [5.74, 6) is 1.73. The number of aryl methyl sites for hydroxylation is 1. The Kier molecular flexibility index (Phi) is 11.4. The molecule has 9 nitrogen and oxygen atoms in total. The third-order valence-electron chi connectivity index (χ3n) is 6.90. The van der Waals surface area contributed by atoms with Gasteiger partial charge >= 0.3 is 0 Å². The molecule has 0 unspecified atom stereocenters. The molecule has 3 N–H and O–H groups in total. The number of nitrogens with two attached hydrogens (primary N) is 1. The minimum atomic E-state index is 0.0858. The van der Waals surface area contributed by atoms with Gasteiger partial charge in [-0.3, -0.25) is 4.90 Å². The van der Waals surface area contributed by atoms with Crippen LogP contribution in [0.3, 0.4) is 0 Å². The van der Waals surface area contributed by atoms with Crippen molar-refractivity contribution in [3.63, 3.8) is 0 Å². The first-order valence-corrected chi connectivity index (χ1v) is 14.8. The Morgan fingerprint density at radius 1 is 1.02 bits per heavy atom. The Bertz CT molecular complexity index is 1190. The van der Waals surface area contributed by atoms with Crippen molar-refractivity contribution in [1.29, 1.82) is 0 Å². The van der Waals surface area contributed by atoms with Gasteiger partial charge in [-0.05, 0) is 74.2 Å². The zero-order chi connectivity index (χ0) is 28.2. The largest absolute Gasteiger partial charge is 0.494 e. The molecule has 1 fully saturated rings. The van der Waals surface area contributed by atoms with Gasteiger partial charge in [-0.2, -0.15) is 0 Å². The van der Waals surface area contributed by atoms with E-state index in [4.69, 9.17) is 30.1 Å². The molecule has 0 amide bonds. The van der Waals surface area contributed by atoms with Crippen LogP contribution in [0.15, 0.2) is 53.7 Å². The first-order valence-electron chi connectivity index (χ1n) is 14.0. The van der Waals surface area contributed by atoms with Crippen LogP contribution < -0.4 is 20.1 Å². The van der Waals surface area contributed by atoms with Gasteiger partial charge < -0.3 is 30.1 Å². The minimum absolute atomic E-state index is 0.0858. The summed E-state index contributed by atoms with van der Waals surface area (Å²) in [6.07, 6.45) is 3.88. The first-order chi connectivity index (χ1) is 19.6. The second kappa shape index (κ2) is 15.4. The second-order valence-electron chi connectivity index (χ2n) is 9.79. The molecule has 2 heterocycles. The second-order valence-corrected chi connectivity index (χ2v) is 10.9. The lowest BCUT2D eigenvalue weighted by atomic mass is 10.1. The lowest BCUT2D eigenvalue weighted by molar-refractivity contribution is 0.0393. The molecule has 1 aliphatic rings. The Morgan fingerprint density at radius 2 is 1.65 bits per heavy atom. The maximum atomic E-state index is 8.73. The average Bonchev–Trinajstić information content (AvgIpc) is 3.45. The Hall–Kier alpha value is -3.34. The van der Waals surface area contributed by atoms with Crippen LogP contribution in [-0.2, 0) is 11.2 Å². The van der Waals surface area contributed by atoms with Gasteiger partial charge in [0.2, 0.25) is 0 Å². The molecule has 2 aromatic carbocycles. The molecule has 40 heavy (non-hydrogen) atoms. The van der Waals surface area contributed by atoms with E-state index in [1.165, 1.54) is 4.88 Å². The summed E-state index contributed by atoms with van der Waals surface area (Å²) in [6, 6.07) is 15.5. The van der Waals surface area contributed by atoms with Crippen molar-refractivity contribution in [2.45, 2.75) is 32.6 Å². The first kappa shape index (κ1) is 29.6. The highest BCUT2D eigenvalue weighted by Gasteiger charge is 2.16. The lowest BCUT2D eigenvalue weighted by Crippen LogP contribution is -2.40. The van der Waals surface area contributed by atoms with Gasteiger partial charge in [0.1, 0.15) is 11.5 Å². The topological polar surface area (TPSA) is 106 Å². The molecule has 10 heteroatoms. The Balaban J connectivity index is 1.17. The van der Waals surface area contributed by atoms with Gasteiger partial charge in [-0.15, -0.1) is 11.3 Å². The molecule has 1 aromatic heterocycles. The van der Waals surface area contributed by atoms with Crippen LogP contribution in [0, 0.1) is 0 Å².